The minimum atomic E-state index is -0.160. The van der Waals surface area contributed by atoms with Crippen LogP contribution in [0.15, 0.2) is 71.9 Å². The Morgan fingerprint density at radius 2 is 2.00 bits per heavy atom. The van der Waals surface area contributed by atoms with Crippen LogP contribution in [0.2, 0.25) is 5.02 Å². The van der Waals surface area contributed by atoms with Crippen molar-refractivity contribution >= 4 is 35.0 Å². The molecule has 1 heterocycles. The van der Waals surface area contributed by atoms with E-state index in [1.54, 1.807) is 24.3 Å². The van der Waals surface area contributed by atoms with Gasteiger partial charge < -0.3 is 4.74 Å². The van der Waals surface area contributed by atoms with Gasteiger partial charge >= 0.3 is 0 Å². The lowest BCUT2D eigenvalue weighted by Crippen LogP contribution is -2.21. The zero-order valence-corrected chi connectivity index (χ0v) is 14.5. The van der Waals surface area contributed by atoms with E-state index in [1.165, 1.54) is 5.01 Å². The number of carbonyl (C=O) groups is 1. The third-order valence-corrected chi connectivity index (χ3v) is 3.98. The number of rotatable bonds is 5. The van der Waals surface area contributed by atoms with E-state index in [4.69, 9.17) is 16.3 Å². The smallest absolute Gasteiger partial charge is 0.280 e. The molecule has 1 amide bonds. The minimum absolute atomic E-state index is 0.160. The molecule has 0 unspecified atom stereocenters. The highest BCUT2D eigenvalue weighted by Crippen LogP contribution is 2.28. The lowest BCUT2D eigenvalue weighted by molar-refractivity contribution is -0.114. The van der Waals surface area contributed by atoms with Gasteiger partial charge in [-0.2, -0.15) is 10.1 Å². The van der Waals surface area contributed by atoms with Gasteiger partial charge in [-0.25, -0.2) is 0 Å². The summed E-state index contributed by atoms with van der Waals surface area (Å²) in [5.41, 5.74) is 2.75. The average Bonchev–Trinajstić information content (AvgIpc) is 2.90. The standard InChI is InChI=1S/C20H17ClN2O2/c1-3-11-25-19-10-9-15(13-18(19)21)12-17-14(2)22-23(20(17)24)16-7-5-4-6-8-16/h3-10,12-13H,1,11H2,2H3/b17-12+. The number of hydrogen-bond donors (Lipinski definition) is 0. The molecule has 1 aliphatic rings. The molecule has 3 rings (SSSR count). The Morgan fingerprint density at radius 1 is 1.24 bits per heavy atom. The first-order valence-electron chi connectivity index (χ1n) is 7.80. The van der Waals surface area contributed by atoms with Crippen molar-refractivity contribution in [2.75, 3.05) is 11.6 Å². The van der Waals surface area contributed by atoms with Crippen LogP contribution in [0.3, 0.4) is 0 Å². The topological polar surface area (TPSA) is 41.9 Å². The van der Waals surface area contributed by atoms with Crippen LogP contribution in [0.1, 0.15) is 12.5 Å². The molecule has 2 aromatic carbocycles. The van der Waals surface area contributed by atoms with Crippen molar-refractivity contribution in [3.05, 3.63) is 77.3 Å². The molecule has 0 radical (unpaired) electrons. The molecule has 126 valence electrons. The number of nitrogens with zero attached hydrogens (tertiary/aromatic N) is 2. The van der Waals surface area contributed by atoms with Crippen molar-refractivity contribution in [1.29, 1.82) is 0 Å². The van der Waals surface area contributed by atoms with Crippen LogP contribution in [0.4, 0.5) is 5.69 Å². The third kappa shape index (κ3) is 3.64. The second kappa shape index (κ2) is 7.36. The Balaban J connectivity index is 1.87. The highest BCUT2D eigenvalue weighted by atomic mass is 35.5. The molecular weight excluding hydrogens is 336 g/mol. The Hall–Kier alpha value is -2.85. The number of carbonyl (C=O) groups excluding carboxylic acids is 1. The van der Waals surface area contributed by atoms with Crippen LogP contribution >= 0.6 is 11.6 Å². The van der Waals surface area contributed by atoms with E-state index in [-0.39, 0.29) is 5.91 Å². The van der Waals surface area contributed by atoms with Gasteiger partial charge in [0, 0.05) is 0 Å². The van der Waals surface area contributed by atoms with Gasteiger partial charge in [-0.3, -0.25) is 4.79 Å². The second-order valence-corrected chi connectivity index (χ2v) is 5.89. The maximum absolute atomic E-state index is 12.7. The molecule has 4 nitrogen and oxygen atoms in total. The number of benzene rings is 2. The summed E-state index contributed by atoms with van der Waals surface area (Å²) in [4.78, 5) is 12.7. The summed E-state index contributed by atoms with van der Waals surface area (Å²) in [5.74, 6) is 0.421. The maximum atomic E-state index is 12.7. The summed E-state index contributed by atoms with van der Waals surface area (Å²) in [5, 5.41) is 6.25. The van der Waals surface area contributed by atoms with Gasteiger partial charge in [-0.1, -0.05) is 48.5 Å². The first-order valence-corrected chi connectivity index (χ1v) is 8.18. The number of para-hydroxylation sites is 1. The number of hydrogen-bond acceptors (Lipinski definition) is 3. The SMILES string of the molecule is C=CCOc1ccc(/C=C2/C(=O)N(c3ccccc3)N=C2C)cc1Cl. The molecule has 0 N–H and O–H groups in total. The van der Waals surface area contributed by atoms with Crippen LogP contribution in [-0.2, 0) is 4.79 Å². The Kier molecular flexibility index (Phi) is 5.00. The summed E-state index contributed by atoms with van der Waals surface area (Å²) < 4.78 is 5.46. The van der Waals surface area contributed by atoms with Gasteiger partial charge in [0.25, 0.3) is 5.91 Å². The summed E-state index contributed by atoms with van der Waals surface area (Å²) in [6.07, 6.45) is 3.44. The van der Waals surface area contributed by atoms with Crippen molar-refractivity contribution in [3.63, 3.8) is 0 Å². The number of amides is 1. The predicted octanol–water partition coefficient (Wildman–Crippen LogP) is 4.71. The van der Waals surface area contributed by atoms with Crippen molar-refractivity contribution < 1.29 is 9.53 Å². The van der Waals surface area contributed by atoms with Gasteiger partial charge in [0.05, 0.1) is 22.0 Å². The molecule has 25 heavy (non-hydrogen) atoms. The fourth-order valence-electron chi connectivity index (χ4n) is 2.47. The fourth-order valence-corrected chi connectivity index (χ4v) is 2.71. The molecule has 1 aliphatic heterocycles. The van der Waals surface area contributed by atoms with Gasteiger partial charge in [-0.05, 0) is 42.8 Å². The summed E-state index contributed by atoms with van der Waals surface area (Å²) in [6, 6.07) is 14.7. The molecule has 0 saturated heterocycles. The second-order valence-electron chi connectivity index (χ2n) is 5.49. The number of ether oxygens (including phenoxy) is 1. The number of hydrazone groups is 1. The van der Waals surface area contributed by atoms with Crippen LogP contribution in [0.25, 0.3) is 6.08 Å². The van der Waals surface area contributed by atoms with Crippen LogP contribution in [0, 0.1) is 0 Å². The van der Waals surface area contributed by atoms with Crippen LogP contribution in [-0.4, -0.2) is 18.2 Å². The largest absolute Gasteiger partial charge is 0.488 e. The van der Waals surface area contributed by atoms with E-state index < -0.39 is 0 Å². The molecule has 0 atom stereocenters. The molecule has 0 aliphatic carbocycles. The van der Waals surface area contributed by atoms with E-state index in [0.29, 0.717) is 28.7 Å². The van der Waals surface area contributed by atoms with Gasteiger partial charge in [0.2, 0.25) is 0 Å². The van der Waals surface area contributed by atoms with Crippen LogP contribution < -0.4 is 9.75 Å². The lowest BCUT2D eigenvalue weighted by atomic mass is 10.1. The Morgan fingerprint density at radius 3 is 2.68 bits per heavy atom. The molecule has 0 aromatic heterocycles. The third-order valence-electron chi connectivity index (χ3n) is 3.69. The average molecular weight is 353 g/mol. The first kappa shape index (κ1) is 17.0. The van der Waals surface area contributed by atoms with Crippen LogP contribution in [0.5, 0.6) is 5.75 Å². The number of anilines is 1. The summed E-state index contributed by atoms with van der Waals surface area (Å²) in [6.45, 7) is 5.81. The van der Waals surface area contributed by atoms with E-state index in [9.17, 15) is 4.79 Å². The highest BCUT2D eigenvalue weighted by Gasteiger charge is 2.28. The van der Waals surface area contributed by atoms with E-state index in [0.717, 1.165) is 11.3 Å². The molecule has 2 aromatic rings. The van der Waals surface area contributed by atoms with Gasteiger partial charge in [-0.15, -0.1) is 0 Å². The van der Waals surface area contributed by atoms with Gasteiger partial charge in [0.1, 0.15) is 12.4 Å². The minimum Gasteiger partial charge on any atom is -0.488 e. The quantitative estimate of drug-likeness (QED) is 0.577. The Labute approximate surface area is 151 Å². The predicted molar refractivity (Wildman–Crippen MR) is 102 cm³/mol. The van der Waals surface area contributed by atoms with E-state index in [2.05, 4.69) is 11.7 Å². The van der Waals surface area contributed by atoms with Crippen molar-refractivity contribution in [1.82, 2.24) is 0 Å². The highest BCUT2D eigenvalue weighted by molar-refractivity contribution is 6.33. The normalized spacial score (nSPS) is 15.4. The molecule has 5 heteroatoms. The lowest BCUT2D eigenvalue weighted by Gasteiger charge is -2.11. The van der Waals surface area contributed by atoms with E-state index in [1.807, 2.05) is 43.3 Å². The molecule has 0 fully saturated rings. The van der Waals surface area contributed by atoms with E-state index >= 15 is 0 Å². The molecule has 0 bridgehead atoms. The molecule has 0 spiro atoms. The number of halogens is 1. The summed E-state index contributed by atoms with van der Waals surface area (Å²) >= 11 is 6.23. The summed E-state index contributed by atoms with van der Waals surface area (Å²) in [7, 11) is 0. The van der Waals surface area contributed by atoms with Crippen molar-refractivity contribution in [2.45, 2.75) is 6.92 Å². The van der Waals surface area contributed by atoms with Crippen molar-refractivity contribution in [3.8, 4) is 5.75 Å². The Bertz CT molecular complexity index is 873. The zero-order valence-electron chi connectivity index (χ0n) is 13.8. The first-order chi connectivity index (χ1) is 12.1. The maximum Gasteiger partial charge on any atom is 0.280 e. The zero-order chi connectivity index (χ0) is 17.8. The van der Waals surface area contributed by atoms with Gasteiger partial charge in [0.15, 0.2) is 0 Å². The van der Waals surface area contributed by atoms with Crippen molar-refractivity contribution in [2.24, 2.45) is 5.10 Å². The molecular formula is C20H17ClN2O2. The fraction of sp³-hybridized carbons (Fsp3) is 0.100. The monoisotopic (exact) mass is 352 g/mol. The molecule has 0 saturated carbocycles.